The Kier molecular flexibility index (Phi) is 5.25. The molecule has 0 atom stereocenters. The Bertz CT molecular complexity index is 1160. The van der Waals surface area contributed by atoms with E-state index in [1.807, 2.05) is 59.9 Å². The van der Waals surface area contributed by atoms with Crippen molar-refractivity contribution in [2.45, 2.75) is 33.6 Å². The van der Waals surface area contributed by atoms with Crippen molar-refractivity contribution in [2.75, 3.05) is 18.0 Å². The zero-order valence-electron chi connectivity index (χ0n) is 17.1. The molecular formula is C23H25N5O. The number of benzene rings is 2. The molecule has 0 N–H and O–H groups in total. The summed E-state index contributed by atoms with van der Waals surface area (Å²) in [6, 6.07) is 15.0. The largest absolute Gasteiger partial charge is 0.353 e. The summed E-state index contributed by atoms with van der Waals surface area (Å²) < 4.78 is 2.01. The molecule has 29 heavy (non-hydrogen) atoms. The number of aryl methyl sites for hydroxylation is 1. The lowest BCUT2D eigenvalue weighted by atomic mass is 10.0. The molecule has 0 spiro atoms. The van der Waals surface area contributed by atoms with Gasteiger partial charge in [0.1, 0.15) is 5.82 Å². The van der Waals surface area contributed by atoms with E-state index in [4.69, 9.17) is 4.98 Å². The highest BCUT2D eigenvalue weighted by Crippen LogP contribution is 2.26. The van der Waals surface area contributed by atoms with Crippen LogP contribution in [-0.4, -0.2) is 38.5 Å². The molecule has 2 aromatic heterocycles. The normalized spacial score (nSPS) is 11.3. The second-order valence-electron chi connectivity index (χ2n) is 7.23. The first-order chi connectivity index (χ1) is 14.1. The van der Waals surface area contributed by atoms with Crippen molar-refractivity contribution in [3.63, 3.8) is 0 Å². The second kappa shape index (κ2) is 7.99. The molecular weight excluding hydrogens is 362 g/mol. The number of rotatable bonds is 7. The summed E-state index contributed by atoms with van der Waals surface area (Å²) in [7, 11) is 0. The van der Waals surface area contributed by atoms with Crippen LogP contribution in [0, 0.1) is 6.92 Å². The van der Waals surface area contributed by atoms with Gasteiger partial charge in [-0.15, -0.1) is 10.2 Å². The van der Waals surface area contributed by atoms with E-state index in [1.54, 1.807) is 0 Å². The van der Waals surface area contributed by atoms with Crippen LogP contribution in [0.1, 0.15) is 48.4 Å². The van der Waals surface area contributed by atoms with Gasteiger partial charge < -0.3 is 4.90 Å². The molecule has 6 heteroatoms. The second-order valence-corrected chi connectivity index (χ2v) is 7.23. The maximum atomic E-state index is 12.9. The fraction of sp³-hybridized carbons (Fsp3) is 0.304. The van der Waals surface area contributed by atoms with Crippen LogP contribution in [0.25, 0.3) is 16.7 Å². The molecule has 4 rings (SSSR count). The van der Waals surface area contributed by atoms with Crippen molar-refractivity contribution in [3.8, 4) is 0 Å². The first-order valence-corrected chi connectivity index (χ1v) is 10.1. The zero-order valence-corrected chi connectivity index (χ0v) is 17.1. The molecule has 0 aliphatic carbocycles. The third-order valence-corrected chi connectivity index (χ3v) is 5.05. The van der Waals surface area contributed by atoms with Gasteiger partial charge in [-0.1, -0.05) is 44.2 Å². The SMILES string of the molecule is CCCN(CCC)c1nc2ccc(C(=O)c3ccccc3)cc2n2c(C)nnc12. The van der Waals surface area contributed by atoms with Crippen LogP contribution in [0.2, 0.25) is 0 Å². The van der Waals surface area contributed by atoms with E-state index in [2.05, 4.69) is 28.9 Å². The summed E-state index contributed by atoms with van der Waals surface area (Å²) in [5.74, 6) is 1.63. The van der Waals surface area contributed by atoms with Crippen LogP contribution >= 0.6 is 0 Å². The Morgan fingerprint density at radius 1 is 0.966 bits per heavy atom. The first-order valence-electron chi connectivity index (χ1n) is 10.1. The molecule has 0 aliphatic heterocycles. The number of fused-ring (bicyclic) bond motifs is 3. The molecule has 4 aromatic rings. The van der Waals surface area contributed by atoms with Gasteiger partial charge >= 0.3 is 0 Å². The molecule has 2 heterocycles. The summed E-state index contributed by atoms with van der Waals surface area (Å²) in [5.41, 5.74) is 3.72. The van der Waals surface area contributed by atoms with E-state index in [0.717, 1.165) is 54.3 Å². The van der Waals surface area contributed by atoms with Crippen molar-refractivity contribution in [1.29, 1.82) is 0 Å². The average molecular weight is 387 g/mol. The monoisotopic (exact) mass is 387 g/mol. The number of carbonyl (C=O) groups excluding carboxylic acids is 1. The Balaban J connectivity index is 1.90. The van der Waals surface area contributed by atoms with E-state index in [0.29, 0.717) is 11.1 Å². The molecule has 0 radical (unpaired) electrons. The number of carbonyl (C=O) groups is 1. The van der Waals surface area contributed by atoms with E-state index in [9.17, 15) is 4.79 Å². The molecule has 0 aliphatic rings. The Morgan fingerprint density at radius 2 is 1.69 bits per heavy atom. The summed E-state index contributed by atoms with van der Waals surface area (Å²) in [6.07, 6.45) is 2.06. The lowest BCUT2D eigenvalue weighted by molar-refractivity contribution is 0.103. The quantitative estimate of drug-likeness (QED) is 0.439. The predicted molar refractivity (Wildman–Crippen MR) is 116 cm³/mol. The van der Waals surface area contributed by atoms with E-state index >= 15 is 0 Å². The van der Waals surface area contributed by atoms with Crippen LogP contribution in [0.5, 0.6) is 0 Å². The summed E-state index contributed by atoms with van der Waals surface area (Å²) >= 11 is 0. The zero-order chi connectivity index (χ0) is 20.4. The Morgan fingerprint density at radius 3 is 2.38 bits per heavy atom. The molecule has 0 fully saturated rings. The minimum Gasteiger partial charge on any atom is -0.353 e. The van der Waals surface area contributed by atoms with Gasteiger partial charge in [-0.3, -0.25) is 9.20 Å². The van der Waals surface area contributed by atoms with Gasteiger partial charge in [0.25, 0.3) is 0 Å². The third kappa shape index (κ3) is 3.46. The molecule has 0 amide bonds. The summed E-state index contributed by atoms with van der Waals surface area (Å²) in [4.78, 5) is 20.1. The lowest BCUT2D eigenvalue weighted by Gasteiger charge is -2.23. The van der Waals surface area contributed by atoms with Crippen LogP contribution in [0.4, 0.5) is 5.82 Å². The molecule has 0 bridgehead atoms. The standard InChI is InChI=1S/C23H25N5O/c1-4-13-27(14-5-2)22-23-26-25-16(3)28(23)20-15-18(11-12-19(20)24-22)21(29)17-9-7-6-8-10-17/h6-12,15H,4-5,13-14H2,1-3H3. The average Bonchev–Trinajstić information content (AvgIpc) is 3.15. The maximum Gasteiger partial charge on any atom is 0.204 e. The molecule has 6 nitrogen and oxygen atoms in total. The Hall–Kier alpha value is -3.28. The smallest absolute Gasteiger partial charge is 0.204 e. The van der Waals surface area contributed by atoms with Gasteiger partial charge in [0.05, 0.1) is 11.0 Å². The van der Waals surface area contributed by atoms with Gasteiger partial charge in [0, 0.05) is 24.2 Å². The predicted octanol–water partition coefficient (Wildman–Crippen LogP) is 4.44. The van der Waals surface area contributed by atoms with Crippen molar-refractivity contribution in [1.82, 2.24) is 19.6 Å². The van der Waals surface area contributed by atoms with Gasteiger partial charge in [-0.05, 0) is 38.0 Å². The molecule has 0 saturated heterocycles. The van der Waals surface area contributed by atoms with E-state index < -0.39 is 0 Å². The van der Waals surface area contributed by atoms with E-state index in [-0.39, 0.29) is 5.78 Å². The minimum absolute atomic E-state index is 0.00551. The van der Waals surface area contributed by atoms with Gasteiger partial charge in [-0.2, -0.15) is 0 Å². The van der Waals surface area contributed by atoms with Gasteiger partial charge in [0.2, 0.25) is 5.65 Å². The molecule has 2 aromatic carbocycles. The van der Waals surface area contributed by atoms with Crippen LogP contribution < -0.4 is 4.90 Å². The van der Waals surface area contributed by atoms with Crippen molar-refractivity contribution < 1.29 is 4.79 Å². The number of hydrogen-bond donors (Lipinski definition) is 0. The van der Waals surface area contributed by atoms with Crippen LogP contribution in [0.3, 0.4) is 0 Å². The minimum atomic E-state index is -0.00551. The fourth-order valence-corrected chi connectivity index (χ4v) is 3.73. The highest BCUT2D eigenvalue weighted by atomic mass is 16.1. The number of hydrogen-bond acceptors (Lipinski definition) is 5. The fourth-order valence-electron chi connectivity index (χ4n) is 3.73. The molecule has 0 saturated carbocycles. The Labute approximate surface area is 170 Å². The van der Waals surface area contributed by atoms with Crippen LogP contribution in [0.15, 0.2) is 48.5 Å². The van der Waals surface area contributed by atoms with Gasteiger partial charge in [-0.25, -0.2) is 4.98 Å². The topological polar surface area (TPSA) is 63.4 Å². The van der Waals surface area contributed by atoms with Crippen LogP contribution in [-0.2, 0) is 0 Å². The van der Waals surface area contributed by atoms with Crippen molar-refractivity contribution in [2.24, 2.45) is 0 Å². The number of ketones is 1. The summed E-state index contributed by atoms with van der Waals surface area (Å²) in [6.45, 7) is 8.09. The van der Waals surface area contributed by atoms with Gasteiger partial charge in [0.15, 0.2) is 11.6 Å². The molecule has 0 unspecified atom stereocenters. The summed E-state index contributed by atoms with van der Waals surface area (Å²) in [5, 5.41) is 8.71. The maximum absolute atomic E-state index is 12.9. The number of nitrogens with zero attached hydrogens (tertiary/aromatic N) is 5. The highest BCUT2D eigenvalue weighted by molar-refractivity contribution is 6.10. The number of anilines is 1. The third-order valence-electron chi connectivity index (χ3n) is 5.05. The first kappa shape index (κ1) is 19.1. The van der Waals surface area contributed by atoms with Crippen molar-refractivity contribution >= 4 is 28.3 Å². The lowest BCUT2D eigenvalue weighted by Crippen LogP contribution is -2.26. The highest BCUT2D eigenvalue weighted by Gasteiger charge is 2.19. The molecule has 148 valence electrons. The van der Waals surface area contributed by atoms with Crippen molar-refractivity contribution in [3.05, 3.63) is 65.5 Å². The number of aromatic nitrogens is 4. The van der Waals surface area contributed by atoms with E-state index in [1.165, 1.54) is 0 Å².